The number of aryl methyl sites for hydroxylation is 1. The zero-order valence-electron chi connectivity index (χ0n) is 15.2. The molecule has 1 aliphatic rings. The number of halogens is 1. The van der Waals surface area contributed by atoms with Crippen molar-refractivity contribution in [2.24, 2.45) is 0 Å². The number of sulfonamides is 1. The van der Waals surface area contributed by atoms with Gasteiger partial charge in [0.15, 0.2) is 0 Å². The molecule has 150 valence electrons. The molecular weight excluding hydrogens is 466 g/mol. The van der Waals surface area contributed by atoms with Crippen molar-refractivity contribution < 1.29 is 17.9 Å². The molecule has 1 saturated heterocycles. The highest BCUT2D eigenvalue weighted by Crippen LogP contribution is 2.24. The van der Waals surface area contributed by atoms with E-state index in [1.807, 2.05) is 25.1 Å². The smallest absolute Gasteiger partial charge is 0.244 e. The number of morpholine rings is 1. The lowest BCUT2D eigenvalue weighted by atomic mass is 10.2. The number of pyridine rings is 1. The van der Waals surface area contributed by atoms with Gasteiger partial charge in [-0.2, -0.15) is 4.31 Å². The SMILES string of the molecule is Cc1ccc(NC(=O)CSc2ccc(S(=O)(=O)N3CCOCC3)cn2)c(Br)c1. The van der Waals surface area contributed by atoms with E-state index in [9.17, 15) is 13.2 Å². The minimum absolute atomic E-state index is 0.145. The zero-order valence-corrected chi connectivity index (χ0v) is 18.4. The summed E-state index contributed by atoms with van der Waals surface area (Å²) in [6, 6.07) is 8.83. The number of amides is 1. The monoisotopic (exact) mass is 485 g/mol. The molecule has 1 amide bonds. The van der Waals surface area contributed by atoms with Gasteiger partial charge in [0.05, 0.1) is 29.7 Å². The van der Waals surface area contributed by atoms with Crippen molar-refractivity contribution in [3.8, 4) is 0 Å². The number of ether oxygens (including phenoxy) is 1. The normalized spacial score (nSPS) is 15.4. The standard InChI is InChI=1S/C18H20BrN3O4S2/c1-13-2-4-16(15(19)10-13)21-17(23)12-27-18-5-3-14(11-20-18)28(24,25)22-6-8-26-9-7-22/h2-5,10-11H,6-9,12H2,1H3,(H,21,23). The maximum absolute atomic E-state index is 12.6. The van der Waals surface area contributed by atoms with E-state index in [0.717, 1.165) is 10.0 Å². The van der Waals surface area contributed by atoms with Crippen LogP contribution in [0.1, 0.15) is 5.56 Å². The molecule has 0 spiro atoms. The van der Waals surface area contributed by atoms with Gasteiger partial charge in [-0.05, 0) is 52.7 Å². The van der Waals surface area contributed by atoms with Gasteiger partial charge in [0.25, 0.3) is 0 Å². The molecule has 28 heavy (non-hydrogen) atoms. The topological polar surface area (TPSA) is 88.6 Å². The largest absolute Gasteiger partial charge is 0.379 e. The van der Waals surface area contributed by atoms with Crippen molar-refractivity contribution in [1.29, 1.82) is 0 Å². The van der Waals surface area contributed by atoms with Gasteiger partial charge >= 0.3 is 0 Å². The predicted molar refractivity (Wildman–Crippen MR) is 112 cm³/mol. The van der Waals surface area contributed by atoms with Crippen LogP contribution in [0.15, 0.2) is 50.9 Å². The summed E-state index contributed by atoms with van der Waals surface area (Å²) in [5.74, 6) is 0.00412. The molecule has 0 saturated carbocycles. The molecule has 0 atom stereocenters. The number of nitrogens with one attached hydrogen (secondary N) is 1. The highest BCUT2D eigenvalue weighted by molar-refractivity contribution is 9.10. The molecule has 10 heteroatoms. The summed E-state index contributed by atoms with van der Waals surface area (Å²) < 4.78 is 32.6. The van der Waals surface area contributed by atoms with Crippen molar-refractivity contribution in [1.82, 2.24) is 9.29 Å². The van der Waals surface area contributed by atoms with Crippen LogP contribution in [0.5, 0.6) is 0 Å². The number of thioether (sulfide) groups is 1. The predicted octanol–water partition coefficient (Wildman–Crippen LogP) is 2.90. The molecule has 0 radical (unpaired) electrons. The van der Waals surface area contributed by atoms with Crippen LogP contribution in [-0.2, 0) is 19.6 Å². The van der Waals surface area contributed by atoms with Gasteiger partial charge < -0.3 is 10.1 Å². The van der Waals surface area contributed by atoms with E-state index in [0.29, 0.717) is 37.0 Å². The van der Waals surface area contributed by atoms with Crippen LogP contribution >= 0.6 is 27.7 Å². The van der Waals surface area contributed by atoms with E-state index < -0.39 is 10.0 Å². The second kappa shape index (κ2) is 9.36. The summed E-state index contributed by atoms with van der Waals surface area (Å²) >= 11 is 4.67. The number of nitrogens with zero attached hydrogens (tertiary/aromatic N) is 2. The number of aromatic nitrogens is 1. The number of anilines is 1. The van der Waals surface area contributed by atoms with E-state index in [1.54, 1.807) is 6.07 Å². The Labute approximate surface area is 177 Å². The summed E-state index contributed by atoms with van der Waals surface area (Å²) in [5, 5.41) is 3.42. The first-order chi connectivity index (χ1) is 13.4. The number of carbonyl (C=O) groups is 1. The van der Waals surface area contributed by atoms with Crippen LogP contribution in [0.2, 0.25) is 0 Å². The molecule has 0 unspecified atom stereocenters. The van der Waals surface area contributed by atoms with Crippen molar-refractivity contribution in [3.63, 3.8) is 0 Å². The Morgan fingerprint density at radius 2 is 2.04 bits per heavy atom. The highest BCUT2D eigenvalue weighted by Gasteiger charge is 2.26. The molecule has 7 nitrogen and oxygen atoms in total. The number of hydrogen-bond acceptors (Lipinski definition) is 6. The third kappa shape index (κ3) is 5.32. The highest BCUT2D eigenvalue weighted by atomic mass is 79.9. The first kappa shape index (κ1) is 21.3. The van der Waals surface area contributed by atoms with E-state index in [4.69, 9.17) is 4.74 Å². The average molecular weight is 486 g/mol. The molecule has 1 aliphatic heterocycles. The maximum atomic E-state index is 12.6. The van der Waals surface area contributed by atoms with Gasteiger partial charge in [0, 0.05) is 23.8 Å². The average Bonchev–Trinajstić information content (AvgIpc) is 2.69. The van der Waals surface area contributed by atoms with Gasteiger partial charge in [-0.25, -0.2) is 13.4 Å². The van der Waals surface area contributed by atoms with Gasteiger partial charge in [0.2, 0.25) is 15.9 Å². The lowest BCUT2D eigenvalue weighted by Gasteiger charge is -2.25. The van der Waals surface area contributed by atoms with Gasteiger partial charge in [-0.15, -0.1) is 0 Å². The summed E-state index contributed by atoms with van der Waals surface area (Å²) in [4.78, 5) is 16.5. The van der Waals surface area contributed by atoms with Crippen LogP contribution < -0.4 is 5.32 Å². The van der Waals surface area contributed by atoms with Crippen LogP contribution in [0.25, 0.3) is 0 Å². The van der Waals surface area contributed by atoms with Crippen LogP contribution in [0.3, 0.4) is 0 Å². The van der Waals surface area contributed by atoms with E-state index in [2.05, 4.69) is 26.2 Å². The van der Waals surface area contributed by atoms with Gasteiger partial charge in [-0.1, -0.05) is 17.8 Å². The first-order valence-electron chi connectivity index (χ1n) is 8.59. The summed E-state index contributed by atoms with van der Waals surface area (Å²) in [7, 11) is -3.56. The van der Waals surface area contributed by atoms with Crippen LogP contribution in [0, 0.1) is 6.92 Å². The lowest BCUT2D eigenvalue weighted by molar-refractivity contribution is -0.113. The van der Waals surface area contributed by atoms with Crippen molar-refractivity contribution in [3.05, 3.63) is 46.6 Å². The zero-order chi connectivity index (χ0) is 20.1. The lowest BCUT2D eigenvalue weighted by Crippen LogP contribution is -2.40. The molecule has 1 aromatic carbocycles. The van der Waals surface area contributed by atoms with Crippen molar-refractivity contribution >= 4 is 49.3 Å². The Bertz CT molecular complexity index is 946. The Morgan fingerprint density at radius 3 is 2.68 bits per heavy atom. The van der Waals surface area contributed by atoms with Crippen molar-refractivity contribution in [2.75, 3.05) is 37.4 Å². The second-order valence-electron chi connectivity index (χ2n) is 6.17. The Balaban J connectivity index is 1.57. The van der Waals surface area contributed by atoms with Gasteiger partial charge in [0.1, 0.15) is 4.90 Å². The Hall–Kier alpha value is -1.46. The molecule has 3 rings (SSSR count). The number of hydrogen-bond donors (Lipinski definition) is 1. The molecular formula is C18H20BrN3O4S2. The van der Waals surface area contributed by atoms with Crippen LogP contribution in [-0.4, -0.2) is 55.7 Å². The van der Waals surface area contributed by atoms with Gasteiger partial charge in [-0.3, -0.25) is 4.79 Å². The molecule has 1 N–H and O–H groups in total. The second-order valence-corrected chi connectivity index (χ2v) is 9.96. The third-order valence-corrected chi connectivity index (χ3v) is 7.55. The Kier molecular flexibility index (Phi) is 7.10. The third-order valence-electron chi connectivity index (χ3n) is 4.07. The summed E-state index contributed by atoms with van der Waals surface area (Å²) in [6.45, 7) is 3.45. The fourth-order valence-corrected chi connectivity index (χ4v) is 5.18. The van der Waals surface area contributed by atoms with E-state index in [1.165, 1.54) is 28.3 Å². The first-order valence-corrected chi connectivity index (χ1v) is 11.8. The minimum Gasteiger partial charge on any atom is -0.379 e. The molecule has 2 aromatic rings. The number of carbonyl (C=O) groups excluding carboxylic acids is 1. The minimum atomic E-state index is -3.56. The molecule has 1 aromatic heterocycles. The Morgan fingerprint density at radius 1 is 1.29 bits per heavy atom. The van der Waals surface area contributed by atoms with E-state index >= 15 is 0 Å². The summed E-state index contributed by atoms with van der Waals surface area (Å²) in [6.07, 6.45) is 1.33. The maximum Gasteiger partial charge on any atom is 0.244 e. The van der Waals surface area contributed by atoms with E-state index in [-0.39, 0.29) is 16.6 Å². The fourth-order valence-electron chi connectivity index (χ4n) is 2.59. The molecule has 1 fully saturated rings. The number of rotatable bonds is 6. The molecule has 0 bridgehead atoms. The fraction of sp³-hybridized carbons (Fsp3) is 0.333. The van der Waals surface area contributed by atoms with Crippen LogP contribution in [0.4, 0.5) is 5.69 Å². The van der Waals surface area contributed by atoms with Crippen molar-refractivity contribution in [2.45, 2.75) is 16.8 Å². The summed E-state index contributed by atoms with van der Waals surface area (Å²) in [5.41, 5.74) is 1.80. The quantitative estimate of drug-likeness (QED) is 0.632. The molecule has 2 heterocycles. The molecule has 0 aliphatic carbocycles. The number of benzene rings is 1.